The van der Waals surface area contributed by atoms with Gasteiger partial charge in [-0.15, -0.1) is 0 Å². The molecule has 2 aromatic rings. The third kappa shape index (κ3) is 5.10. The second kappa shape index (κ2) is 8.73. The molecule has 2 atom stereocenters. The number of hydrogen-bond acceptors (Lipinski definition) is 3. The summed E-state index contributed by atoms with van der Waals surface area (Å²) in [6.45, 7) is 3.05. The number of carbonyl (C=O) groups is 1. The van der Waals surface area contributed by atoms with E-state index in [2.05, 4.69) is 4.98 Å². The van der Waals surface area contributed by atoms with Crippen molar-refractivity contribution in [2.45, 2.75) is 44.6 Å². The lowest BCUT2D eigenvalue weighted by Gasteiger charge is -2.21. The van der Waals surface area contributed by atoms with Crippen LogP contribution in [0.3, 0.4) is 0 Å². The van der Waals surface area contributed by atoms with Gasteiger partial charge in [-0.2, -0.15) is 13.2 Å². The van der Waals surface area contributed by atoms with Crippen LogP contribution >= 0.6 is 0 Å². The van der Waals surface area contributed by atoms with Crippen LogP contribution in [0.15, 0.2) is 48.7 Å². The highest BCUT2D eigenvalue weighted by molar-refractivity contribution is 5.77. The van der Waals surface area contributed by atoms with Gasteiger partial charge in [-0.1, -0.05) is 31.2 Å². The molecule has 0 aliphatic carbocycles. The van der Waals surface area contributed by atoms with Crippen LogP contribution in [0.1, 0.15) is 42.5 Å². The van der Waals surface area contributed by atoms with Crippen molar-refractivity contribution in [3.05, 3.63) is 65.5 Å². The molecule has 1 amide bonds. The van der Waals surface area contributed by atoms with Crippen LogP contribution < -0.4 is 0 Å². The summed E-state index contributed by atoms with van der Waals surface area (Å²) in [4.78, 5) is 18.5. The molecule has 0 radical (unpaired) electrons. The number of halogens is 3. The van der Waals surface area contributed by atoms with Crippen molar-refractivity contribution in [3.8, 4) is 0 Å². The van der Waals surface area contributed by atoms with E-state index in [9.17, 15) is 18.0 Å². The van der Waals surface area contributed by atoms with E-state index in [0.717, 1.165) is 11.8 Å². The van der Waals surface area contributed by atoms with Crippen molar-refractivity contribution in [1.82, 2.24) is 9.88 Å². The maximum atomic E-state index is 13.2. The summed E-state index contributed by atoms with van der Waals surface area (Å²) in [5.74, 6) is -0.660. The predicted octanol–water partition coefficient (Wildman–Crippen LogP) is 4.41. The minimum atomic E-state index is -4.42. The van der Waals surface area contributed by atoms with Gasteiger partial charge < -0.3 is 9.64 Å². The lowest BCUT2D eigenvalue weighted by molar-refractivity contribution is -0.139. The number of carbonyl (C=O) groups excluding carboxylic acids is 1. The van der Waals surface area contributed by atoms with Crippen LogP contribution in [-0.2, 0) is 22.3 Å². The Kier molecular flexibility index (Phi) is 6.34. The monoisotopic (exact) mass is 392 g/mol. The maximum Gasteiger partial charge on any atom is 0.416 e. The van der Waals surface area contributed by atoms with Crippen LogP contribution in [-0.4, -0.2) is 35.0 Å². The van der Waals surface area contributed by atoms with Crippen molar-refractivity contribution in [2.24, 2.45) is 0 Å². The molecule has 3 rings (SSSR count). The molecule has 1 aromatic carbocycles. The number of rotatable bonds is 6. The van der Waals surface area contributed by atoms with E-state index in [-0.39, 0.29) is 24.0 Å². The van der Waals surface area contributed by atoms with E-state index in [1.54, 1.807) is 24.1 Å². The van der Waals surface area contributed by atoms with Crippen molar-refractivity contribution < 1.29 is 22.7 Å². The average Bonchev–Trinajstić information content (AvgIpc) is 3.16. The molecule has 1 saturated heterocycles. The summed E-state index contributed by atoms with van der Waals surface area (Å²) in [7, 11) is 0. The molecule has 150 valence electrons. The third-order valence-corrected chi connectivity index (χ3v) is 4.97. The highest BCUT2D eigenvalue weighted by Crippen LogP contribution is 2.36. The molecular weight excluding hydrogens is 369 g/mol. The Balaban J connectivity index is 1.54. The molecule has 4 nitrogen and oxygen atoms in total. The quantitative estimate of drug-likeness (QED) is 0.731. The Morgan fingerprint density at radius 3 is 2.71 bits per heavy atom. The van der Waals surface area contributed by atoms with Gasteiger partial charge in [0.1, 0.15) is 0 Å². The molecule has 1 aromatic heterocycles. The summed E-state index contributed by atoms with van der Waals surface area (Å²) in [5.41, 5.74) is 0.309. The van der Waals surface area contributed by atoms with Gasteiger partial charge in [0.25, 0.3) is 0 Å². The second-order valence-electron chi connectivity index (χ2n) is 7.07. The Bertz CT molecular complexity index is 796. The van der Waals surface area contributed by atoms with Crippen LogP contribution in [0.5, 0.6) is 0 Å². The SMILES string of the molecule is C[C@@H](CC(=O)N1CC[C@H](OCc2ccccn2)C1)c1ccccc1C(F)(F)F. The zero-order chi connectivity index (χ0) is 20.1. The van der Waals surface area contributed by atoms with Crippen molar-refractivity contribution in [1.29, 1.82) is 0 Å². The molecule has 28 heavy (non-hydrogen) atoms. The van der Waals surface area contributed by atoms with E-state index >= 15 is 0 Å². The first-order valence-corrected chi connectivity index (χ1v) is 9.30. The highest BCUT2D eigenvalue weighted by atomic mass is 19.4. The van der Waals surface area contributed by atoms with Gasteiger partial charge in [-0.25, -0.2) is 0 Å². The smallest absolute Gasteiger partial charge is 0.370 e. The van der Waals surface area contributed by atoms with E-state index < -0.39 is 17.7 Å². The number of likely N-dealkylation sites (tertiary alicyclic amines) is 1. The van der Waals surface area contributed by atoms with Crippen LogP contribution in [0.2, 0.25) is 0 Å². The van der Waals surface area contributed by atoms with Crippen molar-refractivity contribution >= 4 is 5.91 Å². The minimum Gasteiger partial charge on any atom is -0.370 e. The van der Waals surface area contributed by atoms with Gasteiger partial charge in [0, 0.05) is 25.7 Å². The maximum absolute atomic E-state index is 13.2. The number of benzene rings is 1. The second-order valence-corrected chi connectivity index (χ2v) is 7.07. The first-order valence-electron chi connectivity index (χ1n) is 9.30. The van der Waals surface area contributed by atoms with E-state index in [1.165, 1.54) is 12.1 Å². The molecule has 1 fully saturated rings. The van der Waals surface area contributed by atoms with E-state index in [1.807, 2.05) is 18.2 Å². The molecule has 0 saturated carbocycles. The molecule has 0 bridgehead atoms. The fourth-order valence-electron chi connectivity index (χ4n) is 3.46. The minimum absolute atomic E-state index is 0.0417. The van der Waals surface area contributed by atoms with Gasteiger partial charge in [0.2, 0.25) is 5.91 Å². The number of amides is 1. The molecular formula is C21H23F3N2O2. The van der Waals surface area contributed by atoms with Gasteiger partial charge in [0.05, 0.1) is 24.0 Å². The summed E-state index contributed by atoms with van der Waals surface area (Å²) >= 11 is 0. The molecule has 2 heterocycles. The van der Waals surface area contributed by atoms with Gasteiger partial charge in [-0.3, -0.25) is 9.78 Å². The average molecular weight is 392 g/mol. The van der Waals surface area contributed by atoms with Crippen molar-refractivity contribution in [3.63, 3.8) is 0 Å². The summed E-state index contributed by atoms with van der Waals surface area (Å²) in [5, 5.41) is 0. The Labute approximate surface area is 162 Å². The number of ether oxygens (including phenoxy) is 1. The highest BCUT2D eigenvalue weighted by Gasteiger charge is 2.35. The van der Waals surface area contributed by atoms with Gasteiger partial charge >= 0.3 is 6.18 Å². The fourth-order valence-corrected chi connectivity index (χ4v) is 3.46. The Hall–Kier alpha value is -2.41. The van der Waals surface area contributed by atoms with Crippen LogP contribution in [0.25, 0.3) is 0 Å². The van der Waals surface area contributed by atoms with E-state index in [4.69, 9.17) is 4.74 Å². The van der Waals surface area contributed by atoms with Gasteiger partial charge in [-0.05, 0) is 36.1 Å². The van der Waals surface area contributed by atoms with Crippen molar-refractivity contribution in [2.75, 3.05) is 13.1 Å². The molecule has 0 N–H and O–H groups in total. The number of alkyl halides is 3. The van der Waals surface area contributed by atoms with Crippen LogP contribution in [0.4, 0.5) is 13.2 Å². The van der Waals surface area contributed by atoms with E-state index in [0.29, 0.717) is 26.1 Å². The fraction of sp³-hybridized carbons (Fsp3) is 0.429. The lowest BCUT2D eigenvalue weighted by Crippen LogP contribution is -2.31. The number of aromatic nitrogens is 1. The summed E-state index contributed by atoms with van der Waals surface area (Å²) in [6.07, 6.45) is -2.05. The largest absolute Gasteiger partial charge is 0.416 e. The zero-order valence-electron chi connectivity index (χ0n) is 15.7. The Morgan fingerprint density at radius 2 is 2.00 bits per heavy atom. The number of nitrogens with zero attached hydrogens (tertiary/aromatic N) is 2. The summed E-state index contributed by atoms with van der Waals surface area (Å²) < 4.78 is 45.4. The predicted molar refractivity (Wildman–Crippen MR) is 98.5 cm³/mol. The standard InChI is InChI=1S/C21H23F3N2O2/c1-15(18-7-2-3-8-19(18)21(22,23)24)12-20(27)26-11-9-17(13-26)28-14-16-6-4-5-10-25-16/h2-8,10,15,17H,9,11-14H2,1H3/t15-,17-/m0/s1. The zero-order valence-corrected chi connectivity index (χ0v) is 15.7. The number of pyridine rings is 1. The number of hydrogen-bond donors (Lipinski definition) is 0. The Morgan fingerprint density at radius 1 is 1.25 bits per heavy atom. The topological polar surface area (TPSA) is 42.4 Å². The molecule has 1 aliphatic heterocycles. The molecule has 0 spiro atoms. The third-order valence-electron chi connectivity index (χ3n) is 4.97. The molecule has 7 heteroatoms. The van der Waals surface area contributed by atoms with Crippen LogP contribution in [0, 0.1) is 0 Å². The lowest BCUT2D eigenvalue weighted by atomic mass is 9.92. The molecule has 0 unspecified atom stereocenters. The first-order chi connectivity index (χ1) is 13.3. The molecule has 1 aliphatic rings. The summed E-state index contributed by atoms with van der Waals surface area (Å²) in [6, 6.07) is 11.0. The first kappa shape index (κ1) is 20.3. The van der Waals surface area contributed by atoms with Gasteiger partial charge in [0.15, 0.2) is 0 Å². The normalized spacial score (nSPS) is 18.3.